The zero-order chi connectivity index (χ0) is 15.3. The van der Waals surface area contributed by atoms with Gasteiger partial charge in [-0.25, -0.2) is 5.43 Å². The maximum atomic E-state index is 11.8. The lowest BCUT2D eigenvalue weighted by Crippen LogP contribution is -2.25. The first-order valence-electron chi connectivity index (χ1n) is 7.18. The molecule has 0 atom stereocenters. The topological polar surface area (TPSA) is 59.3 Å². The summed E-state index contributed by atoms with van der Waals surface area (Å²) in [5.41, 5.74) is 5.72. The van der Waals surface area contributed by atoms with Gasteiger partial charge in [0.2, 0.25) is 5.91 Å². The maximum Gasteiger partial charge on any atom is 0.241 e. The summed E-state index contributed by atoms with van der Waals surface area (Å²) in [6.07, 6.45) is 0.384. The van der Waals surface area contributed by atoms with Crippen LogP contribution in [0.5, 0.6) is 0 Å². The first-order chi connectivity index (χ1) is 9.31. The van der Waals surface area contributed by atoms with Crippen molar-refractivity contribution in [1.82, 2.24) is 15.2 Å². The summed E-state index contributed by atoms with van der Waals surface area (Å²) < 4.78 is 1.85. The number of aryl methyl sites for hydroxylation is 3. The van der Waals surface area contributed by atoms with Gasteiger partial charge in [-0.05, 0) is 31.7 Å². The van der Waals surface area contributed by atoms with Gasteiger partial charge in [0, 0.05) is 17.8 Å². The second-order valence-electron chi connectivity index (χ2n) is 5.78. The van der Waals surface area contributed by atoms with Crippen LogP contribution in [0.1, 0.15) is 45.5 Å². The summed E-state index contributed by atoms with van der Waals surface area (Å²) in [5, 5.41) is 8.58. The lowest BCUT2D eigenvalue weighted by molar-refractivity contribution is -0.121. The van der Waals surface area contributed by atoms with Crippen molar-refractivity contribution in [3.05, 3.63) is 17.5 Å². The van der Waals surface area contributed by atoms with E-state index in [0.29, 0.717) is 24.8 Å². The molecule has 5 heteroatoms. The summed E-state index contributed by atoms with van der Waals surface area (Å²) in [7, 11) is 0. The zero-order valence-corrected chi connectivity index (χ0v) is 13.4. The van der Waals surface area contributed by atoms with Gasteiger partial charge in [-0.15, -0.1) is 0 Å². The third-order valence-corrected chi connectivity index (χ3v) is 3.15. The van der Waals surface area contributed by atoms with Crippen LogP contribution >= 0.6 is 0 Å². The molecular formula is C15H26N4O. The number of nitrogens with zero attached hydrogens (tertiary/aromatic N) is 3. The Hall–Kier alpha value is -1.65. The summed E-state index contributed by atoms with van der Waals surface area (Å²) in [6.45, 7) is 12.9. The average Bonchev–Trinajstić information content (AvgIpc) is 2.64. The number of hydrazone groups is 1. The Morgan fingerprint density at radius 1 is 1.30 bits per heavy atom. The summed E-state index contributed by atoms with van der Waals surface area (Å²) >= 11 is 0. The highest BCUT2D eigenvalue weighted by atomic mass is 16.2. The van der Waals surface area contributed by atoms with Crippen molar-refractivity contribution in [2.75, 3.05) is 0 Å². The number of amides is 1. The number of rotatable bonds is 6. The van der Waals surface area contributed by atoms with Crippen molar-refractivity contribution in [2.45, 2.75) is 54.5 Å². The number of aromatic nitrogens is 2. The number of nitrogens with one attached hydrogen (secondary N) is 1. The highest BCUT2D eigenvalue weighted by molar-refractivity contribution is 5.89. The standard InChI is InChI=1S/C15H26N4O/c1-10(2)15(11(3)4)17-16-14(20)7-8-19-13(6)9-12(5)18-19/h9-11H,7-8H2,1-6H3,(H,16,20). The van der Waals surface area contributed by atoms with Crippen LogP contribution in [-0.4, -0.2) is 21.4 Å². The molecular weight excluding hydrogens is 252 g/mol. The predicted molar refractivity (Wildman–Crippen MR) is 81.6 cm³/mol. The van der Waals surface area contributed by atoms with E-state index in [-0.39, 0.29) is 5.91 Å². The minimum absolute atomic E-state index is 0.0728. The van der Waals surface area contributed by atoms with Crippen LogP contribution in [0.15, 0.2) is 11.2 Å². The van der Waals surface area contributed by atoms with Crippen LogP contribution in [-0.2, 0) is 11.3 Å². The second kappa shape index (κ2) is 7.22. The number of carbonyl (C=O) groups is 1. The van der Waals surface area contributed by atoms with Gasteiger partial charge in [0.25, 0.3) is 0 Å². The smallest absolute Gasteiger partial charge is 0.241 e. The Kier molecular flexibility index (Phi) is 5.92. The molecule has 0 saturated carbocycles. The minimum Gasteiger partial charge on any atom is -0.273 e. The van der Waals surface area contributed by atoms with E-state index >= 15 is 0 Å². The van der Waals surface area contributed by atoms with E-state index < -0.39 is 0 Å². The van der Waals surface area contributed by atoms with Gasteiger partial charge >= 0.3 is 0 Å². The maximum absolute atomic E-state index is 11.8. The fraction of sp³-hybridized carbons (Fsp3) is 0.667. The van der Waals surface area contributed by atoms with E-state index in [9.17, 15) is 4.79 Å². The molecule has 0 aromatic carbocycles. The molecule has 5 nitrogen and oxygen atoms in total. The Balaban J connectivity index is 2.52. The highest BCUT2D eigenvalue weighted by Crippen LogP contribution is 2.07. The van der Waals surface area contributed by atoms with Crippen molar-refractivity contribution in [1.29, 1.82) is 0 Å². The lowest BCUT2D eigenvalue weighted by atomic mass is 9.98. The summed E-state index contributed by atoms with van der Waals surface area (Å²) in [4.78, 5) is 11.8. The Labute approximate surface area is 121 Å². The molecule has 1 heterocycles. The molecule has 1 rings (SSSR count). The van der Waals surface area contributed by atoms with Crippen molar-refractivity contribution < 1.29 is 4.79 Å². The van der Waals surface area contributed by atoms with Gasteiger partial charge in [-0.2, -0.15) is 10.2 Å². The molecule has 1 aromatic rings. The Morgan fingerprint density at radius 2 is 1.90 bits per heavy atom. The van der Waals surface area contributed by atoms with E-state index in [1.54, 1.807) is 0 Å². The van der Waals surface area contributed by atoms with Crippen LogP contribution in [0.25, 0.3) is 0 Å². The van der Waals surface area contributed by atoms with Gasteiger partial charge < -0.3 is 0 Å². The molecule has 0 unspecified atom stereocenters. The van der Waals surface area contributed by atoms with Crippen LogP contribution in [0.4, 0.5) is 0 Å². The molecule has 0 fully saturated rings. The molecule has 20 heavy (non-hydrogen) atoms. The molecule has 0 aliphatic carbocycles. The fourth-order valence-electron chi connectivity index (χ4n) is 2.22. The van der Waals surface area contributed by atoms with Crippen LogP contribution in [0.3, 0.4) is 0 Å². The summed E-state index contributed by atoms with van der Waals surface area (Å²) in [6, 6.07) is 2.01. The number of hydrogen-bond acceptors (Lipinski definition) is 3. The summed E-state index contributed by atoms with van der Waals surface area (Å²) in [5.74, 6) is 0.606. The molecule has 112 valence electrons. The molecule has 0 bridgehead atoms. The van der Waals surface area contributed by atoms with Crippen molar-refractivity contribution in [2.24, 2.45) is 16.9 Å². The van der Waals surface area contributed by atoms with E-state index in [1.807, 2.05) is 24.6 Å². The molecule has 1 amide bonds. The first kappa shape index (κ1) is 16.4. The van der Waals surface area contributed by atoms with E-state index in [2.05, 4.69) is 43.3 Å². The lowest BCUT2D eigenvalue weighted by Gasteiger charge is -2.13. The van der Waals surface area contributed by atoms with Gasteiger partial charge in [0.1, 0.15) is 0 Å². The molecule has 1 N–H and O–H groups in total. The van der Waals surface area contributed by atoms with Crippen molar-refractivity contribution in [3.63, 3.8) is 0 Å². The zero-order valence-electron chi connectivity index (χ0n) is 13.4. The third kappa shape index (κ3) is 4.79. The first-order valence-corrected chi connectivity index (χ1v) is 7.18. The largest absolute Gasteiger partial charge is 0.273 e. The number of carbonyl (C=O) groups excluding carboxylic acids is 1. The number of hydrogen-bond donors (Lipinski definition) is 1. The Bertz CT molecular complexity index is 476. The fourth-order valence-corrected chi connectivity index (χ4v) is 2.22. The molecule has 0 spiro atoms. The van der Waals surface area contributed by atoms with Crippen molar-refractivity contribution >= 4 is 11.6 Å². The SMILES string of the molecule is Cc1cc(C)n(CCC(=O)NN=C(C(C)C)C(C)C)n1. The quantitative estimate of drug-likeness (QED) is 0.642. The predicted octanol–water partition coefficient (Wildman–Crippen LogP) is 2.67. The van der Waals surface area contributed by atoms with Crippen LogP contribution < -0.4 is 5.43 Å². The highest BCUT2D eigenvalue weighted by Gasteiger charge is 2.11. The van der Waals surface area contributed by atoms with Gasteiger partial charge in [0.15, 0.2) is 0 Å². The normalized spacial score (nSPS) is 11.0. The van der Waals surface area contributed by atoms with Gasteiger partial charge in [-0.1, -0.05) is 27.7 Å². The average molecular weight is 278 g/mol. The van der Waals surface area contributed by atoms with Crippen molar-refractivity contribution in [3.8, 4) is 0 Å². The van der Waals surface area contributed by atoms with E-state index in [1.165, 1.54) is 0 Å². The molecule has 0 radical (unpaired) electrons. The molecule has 0 saturated heterocycles. The van der Waals surface area contributed by atoms with E-state index in [4.69, 9.17) is 0 Å². The van der Waals surface area contributed by atoms with E-state index in [0.717, 1.165) is 17.1 Å². The molecule has 0 aliphatic heterocycles. The van der Waals surface area contributed by atoms with Gasteiger partial charge in [-0.3, -0.25) is 9.48 Å². The second-order valence-corrected chi connectivity index (χ2v) is 5.78. The molecule has 1 aromatic heterocycles. The van der Waals surface area contributed by atoms with Crippen LogP contribution in [0.2, 0.25) is 0 Å². The monoisotopic (exact) mass is 278 g/mol. The molecule has 0 aliphatic rings. The Morgan fingerprint density at radius 3 is 2.35 bits per heavy atom. The van der Waals surface area contributed by atoms with Gasteiger partial charge in [0.05, 0.1) is 12.2 Å². The minimum atomic E-state index is -0.0728. The van der Waals surface area contributed by atoms with Crippen LogP contribution in [0, 0.1) is 25.7 Å². The third-order valence-electron chi connectivity index (χ3n) is 3.15.